The number of imidazole rings is 1. The first-order valence-electron chi connectivity index (χ1n) is 10.0. The number of alkyl halides is 3. The molecule has 0 amide bonds. The van der Waals surface area contributed by atoms with E-state index in [2.05, 4.69) is 20.6 Å². The van der Waals surface area contributed by atoms with Crippen molar-refractivity contribution in [3.8, 4) is 5.75 Å². The van der Waals surface area contributed by atoms with Crippen LogP contribution in [0.25, 0.3) is 0 Å². The van der Waals surface area contributed by atoms with Crippen molar-refractivity contribution in [1.29, 1.82) is 0 Å². The molecule has 0 spiro atoms. The van der Waals surface area contributed by atoms with Gasteiger partial charge in [-0.3, -0.25) is 4.99 Å². The van der Waals surface area contributed by atoms with Gasteiger partial charge in [0.15, 0.2) is 5.96 Å². The maximum Gasteiger partial charge on any atom is 0.424 e. The maximum absolute atomic E-state index is 13.6. The number of benzene rings is 1. The number of aliphatic hydroxyl groups is 1. The molecule has 0 bridgehead atoms. The summed E-state index contributed by atoms with van der Waals surface area (Å²) in [7, 11) is 3.02. The molecule has 0 aliphatic heterocycles. The molecule has 0 aliphatic rings. The Bertz CT molecular complexity index is 889. The third-order valence-corrected chi connectivity index (χ3v) is 4.87. The Morgan fingerprint density at radius 3 is 2.56 bits per heavy atom. The molecule has 0 fully saturated rings. The lowest BCUT2D eigenvalue weighted by Gasteiger charge is -2.29. The number of aromatic nitrogens is 2. The van der Waals surface area contributed by atoms with E-state index >= 15 is 0 Å². The standard InChI is InChI=1S/C21H30F3N5O2.HI/c1-5-25-19(27-10-8-16-14-15(2)6-7-17(16)31-4)28-11-9-20(30,21(22,23)24)18-26-12-13-29(18)3;/h6-7,12-14,30H,5,8-11H2,1-4H3,(H2,25,27,28);1H. The van der Waals surface area contributed by atoms with Gasteiger partial charge in [0.2, 0.25) is 5.60 Å². The summed E-state index contributed by atoms with van der Waals surface area (Å²) in [5.41, 5.74) is -0.953. The van der Waals surface area contributed by atoms with Crippen molar-refractivity contribution in [3.63, 3.8) is 0 Å². The van der Waals surface area contributed by atoms with Crippen molar-refractivity contribution in [2.45, 2.75) is 38.5 Å². The molecule has 0 saturated heterocycles. The van der Waals surface area contributed by atoms with Gasteiger partial charge in [0, 0.05) is 45.5 Å². The first-order chi connectivity index (χ1) is 14.6. The highest BCUT2D eigenvalue weighted by Crippen LogP contribution is 2.40. The number of aryl methyl sites for hydroxylation is 2. The average molecular weight is 569 g/mol. The molecular formula is C21H31F3IN5O2. The summed E-state index contributed by atoms with van der Waals surface area (Å²) in [6.07, 6.45) is -2.30. The van der Waals surface area contributed by atoms with Gasteiger partial charge in [0.05, 0.1) is 7.11 Å². The zero-order valence-electron chi connectivity index (χ0n) is 18.7. The number of nitrogens with zero attached hydrogens (tertiary/aromatic N) is 3. The predicted molar refractivity (Wildman–Crippen MR) is 129 cm³/mol. The van der Waals surface area contributed by atoms with Crippen LogP contribution in [0.1, 0.15) is 30.3 Å². The number of guanidine groups is 1. The third kappa shape index (κ3) is 6.99. The number of rotatable bonds is 9. The summed E-state index contributed by atoms with van der Waals surface area (Å²) in [4.78, 5) is 7.91. The van der Waals surface area contributed by atoms with Crippen LogP contribution in [0.2, 0.25) is 0 Å². The summed E-state index contributed by atoms with van der Waals surface area (Å²) in [6.45, 7) is 4.66. The number of ether oxygens (including phenoxy) is 1. The number of halogens is 4. The van der Waals surface area contributed by atoms with Crippen molar-refractivity contribution in [2.75, 3.05) is 26.7 Å². The van der Waals surface area contributed by atoms with E-state index < -0.39 is 24.0 Å². The van der Waals surface area contributed by atoms with Crippen molar-refractivity contribution in [3.05, 3.63) is 47.5 Å². The summed E-state index contributed by atoms with van der Waals surface area (Å²) >= 11 is 0. The lowest BCUT2D eigenvalue weighted by molar-refractivity contribution is -0.272. The molecule has 7 nitrogen and oxygen atoms in total. The maximum atomic E-state index is 13.6. The molecule has 1 unspecified atom stereocenters. The predicted octanol–water partition coefficient (Wildman–Crippen LogP) is 3.29. The summed E-state index contributed by atoms with van der Waals surface area (Å²) in [5.74, 6) is 0.692. The van der Waals surface area contributed by atoms with Gasteiger partial charge >= 0.3 is 6.18 Å². The van der Waals surface area contributed by atoms with Crippen LogP contribution in [-0.4, -0.2) is 53.5 Å². The topological polar surface area (TPSA) is 83.7 Å². The van der Waals surface area contributed by atoms with E-state index in [-0.39, 0.29) is 30.5 Å². The molecule has 32 heavy (non-hydrogen) atoms. The highest BCUT2D eigenvalue weighted by molar-refractivity contribution is 14.0. The lowest BCUT2D eigenvalue weighted by atomic mass is 9.98. The first kappa shape index (κ1) is 28.0. The van der Waals surface area contributed by atoms with Crippen molar-refractivity contribution in [1.82, 2.24) is 20.2 Å². The normalized spacial score (nSPS) is 13.8. The van der Waals surface area contributed by atoms with E-state index in [1.54, 1.807) is 7.11 Å². The Kier molecular flexibility index (Phi) is 10.8. The average Bonchev–Trinajstić information content (AvgIpc) is 3.13. The number of nitrogens with one attached hydrogen (secondary N) is 2. The van der Waals surface area contributed by atoms with Gasteiger partial charge < -0.3 is 25.0 Å². The molecular weight excluding hydrogens is 538 g/mol. The quantitative estimate of drug-likeness (QED) is 0.246. The van der Waals surface area contributed by atoms with E-state index in [0.717, 1.165) is 21.4 Å². The third-order valence-electron chi connectivity index (χ3n) is 4.87. The minimum absolute atomic E-state index is 0. The molecule has 0 radical (unpaired) electrons. The van der Waals surface area contributed by atoms with Gasteiger partial charge in [-0.1, -0.05) is 17.7 Å². The van der Waals surface area contributed by atoms with Gasteiger partial charge in [-0.05, 0) is 31.9 Å². The van der Waals surface area contributed by atoms with Crippen molar-refractivity contribution >= 4 is 29.9 Å². The van der Waals surface area contributed by atoms with Gasteiger partial charge in [0.25, 0.3) is 0 Å². The Labute approximate surface area is 203 Å². The van der Waals surface area contributed by atoms with E-state index in [9.17, 15) is 18.3 Å². The van der Waals surface area contributed by atoms with Gasteiger partial charge in [0.1, 0.15) is 11.6 Å². The van der Waals surface area contributed by atoms with Crippen molar-refractivity contribution < 1.29 is 23.0 Å². The number of methoxy groups -OCH3 is 1. The molecule has 2 aromatic rings. The zero-order valence-corrected chi connectivity index (χ0v) is 21.0. The molecule has 180 valence electrons. The van der Waals surface area contributed by atoms with Crippen LogP contribution >= 0.6 is 24.0 Å². The molecule has 11 heteroatoms. The van der Waals surface area contributed by atoms with Crippen LogP contribution in [0.5, 0.6) is 5.75 Å². The van der Waals surface area contributed by atoms with Crippen LogP contribution in [-0.2, 0) is 19.1 Å². The van der Waals surface area contributed by atoms with E-state index in [1.165, 1.54) is 19.4 Å². The fourth-order valence-electron chi connectivity index (χ4n) is 3.23. The zero-order chi connectivity index (χ0) is 23.1. The van der Waals surface area contributed by atoms with E-state index in [0.29, 0.717) is 25.5 Å². The van der Waals surface area contributed by atoms with E-state index in [4.69, 9.17) is 4.74 Å². The Hall–Kier alpha value is -2.02. The van der Waals surface area contributed by atoms with E-state index in [1.807, 2.05) is 32.0 Å². The SMILES string of the molecule is CCNC(=NCCC(O)(c1nccn1C)C(F)(F)F)NCCc1cc(C)ccc1OC.I. The minimum atomic E-state index is -4.88. The number of hydrogen-bond donors (Lipinski definition) is 3. The molecule has 0 saturated carbocycles. The minimum Gasteiger partial charge on any atom is -0.496 e. The highest BCUT2D eigenvalue weighted by atomic mass is 127. The second kappa shape index (κ2) is 12.3. The van der Waals surface area contributed by atoms with Crippen molar-refractivity contribution in [2.24, 2.45) is 12.0 Å². The Balaban J connectivity index is 0.00000512. The Morgan fingerprint density at radius 1 is 1.28 bits per heavy atom. The molecule has 1 heterocycles. The Morgan fingerprint density at radius 2 is 2.00 bits per heavy atom. The molecule has 2 rings (SSSR count). The summed E-state index contributed by atoms with van der Waals surface area (Å²) in [5, 5.41) is 16.5. The summed E-state index contributed by atoms with van der Waals surface area (Å²) in [6, 6.07) is 5.89. The van der Waals surface area contributed by atoms with Gasteiger partial charge in [-0.15, -0.1) is 24.0 Å². The number of aliphatic imine (C=N–C) groups is 1. The first-order valence-corrected chi connectivity index (χ1v) is 10.0. The molecule has 1 aromatic carbocycles. The monoisotopic (exact) mass is 569 g/mol. The molecule has 3 N–H and O–H groups in total. The van der Waals surface area contributed by atoms with Crippen LogP contribution < -0.4 is 15.4 Å². The largest absolute Gasteiger partial charge is 0.496 e. The van der Waals surface area contributed by atoms with Crippen LogP contribution in [0, 0.1) is 6.92 Å². The van der Waals surface area contributed by atoms with Crippen LogP contribution in [0.15, 0.2) is 35.6 Å². The lowest BCUT2D eigenvalue weighted by Crippen LogP contribution is -2.45. The smallest absolute Gasteiger partial charge is 0.424 e. The fourth-order valence-corrected chi connectivity index (χ4v) is 3.23. The molecule has 0 aliphatic carbocycles. The van der Waals surface area contributed by atoms with Gasteiger partial charge in [-0.25, -0.2) is 4.98 Å². The number of hydrogen-bond acceptors (Lipinski definition) is 4. The molecule has 1 aromatic heterocycles. The highest BCUT2D eigenvalue weighted by Gasteiger charge is 2.57. The fraction of sp³-hybridized carbons (Fsp3) is 0.524. The summed E-state index contributed by atoms with van der Waals surface area (Å²) < 4.78 is 47.4. The van der Waals surface area contributed by atoms with Crippen LogP contribution in [0.3, 0.4) is 0 Å². The molecule has 1 atom stereocenters. The second-order valence-corrected chi connectivity index (χ2v) is 7.22. The van der Waals surface area contributed by atoms with Crippen LogP contribution in [0.4, 0.5) is 13.2 Å². The second-order valence-electron chi connectivity index (χ2n) is 7.22. The van der Waals surface area contributed by atoms with Gasteiger partial charge in [-0.2, -0.15) is 13.2 Å².